The first-order valence-corrected chi connectivity index (χ1v) is 7.12. The Morgan fingerprint density at radius 2 is 2.05 bits per heavy atom. The van der Waals surface area contributed by atoms with Crippen molar-refractivity contribution in [1.29, 1.82) is 0 Å². The number of hydrogen-bond acceptors (Lipinski definition) is 3. The summed E-state index contributed by atoms with van der Waals surface area (Å²) in [5.74, 6) is -0.934. The maximum absolute atomic E-state index is 11.4. The van der Waals surface area contributed by atoms with E-state index in [1.165, 1.54) is 0 Å². The molecule has 0 spiro atoms. The largest absolute Gasteiger partial charge is 0.480 e. The Morgan fingerprint density at radius 1 is 1.32 bits per heavy atom. The molecule has 2 aromatic rings. The molecule has 0 fully saturated rings. The number of nitrogens with one attached hydrogen (secondary N) is 1. The quantitative estimate of drug-likeness (QED) is 0.880. The molecule has 1 aromatic carbocycles. The van der Waals surface area contributed by atoms with Gasteiger partial charge in [0.1, 0.15) is 6.04 Å². The van der Waals surface area contributed by atoms with Gasteiger partial charge in [0, 0.05) is 15.9 Å². The highest BCUT2D eigenvalue weighted by molar-refractivity contribution is 7.10. The third kappa shape index (κ3) is 3.35. The number of benzene rings is 1. The summed E-state index contributed by atoms with van der Waals surface area (Å²) in [6.07, 6.45) is 0. The minimum atomic E-state index is -0.934. The number of carboxylic acid groups (broad SMARTS) is 1. The Morgan fingerprint density at radius 3 is 2.63 bits per heavy atom. The molecule has 5 heteroatoms. The highest BCUT2D eigenvalue weighted by Crippen LogP contribution is 2.27. The Hall–Kier alpha value is -1.36. The lowest BCUT2D eigenvalue weighted by Gasteiger charge is -2.20. The van der Waals surface area contributed by atoms with Crippen molar-refractivity contribution in [3.8, 4) is 0 Å². The van der Waals surface area contributed by atoms with Gasteiger partial charge < -0.3 is 5.11 Å². The van der Waals surface area contributed by atoms with Crippen LogP contribution in [0.3, 0.4) is 0 Å². The van der Waals surface area contributed by atoms with Crippen molar-refractivity contribution in [3.05, 3.63) is 57.2 Å². The molecule has 2 atom stereocenters. The van der Waals surface area contributed by atoms with Crippen molar-refractivity contribution in [2.24, 2.45) is 0 Å². The SMILES string of the molecule is C[C@H](NC(C(=O)O)c1ccccc1Cl)c1cccs1. The van der Waals surface area contributed by atoms with E-state index in [4.69, 9.17) is 11.6 Å². The van der Waals surface area contributed by atoms with E-state index in [1.54, 1.807) is 35.6 Å². The fraction of sp³-hybridized carbons (Fsp3) is 0.214. The van der Waals surface area contributed by atoms with Crippen molar-refractivity contribution >= 4 is 28.9 Å². The molecule has 1 heterocycles. The van der Waals surface area contributed by atoms with Gasteiger partial charge in [-0.25, -0.2) is 0 Å². The lowest BCUT2D eigenvalue weighted by Crippen LogP contribution is -2.30. The second-order valence-corrected chi connectivity index (χ2v) is 5.58. The number of rotatable bonds is 5. The van der Waals surface area contributed by atoms with Crippen LogP contribution in [-0.4, -0.2) is 11.1 Å². The second-order valence-electron chi connectivity index (χ2n) is 4.20. The van der Waals surface area contributed by atoms with E-state index in [9.17, 15) is 9.90 Å². The molecule has 3 nitrogen and oxygen atoms in total. The summed E-state index contributed by atoms with van der Waals surface area (Å²) in [5, 5.41) is 14.9. The number of carbonyl (C=O) groups is 1. The average Bonchev–Trinajstić information content (AvgIpc) is 2.90. The van der Waals surface area contributed by atoms with Gasteiger partial charge in [-0.15, -0.1) is 11.3 Å². The minimum absolute atomic E-state index is 0.0441. The number of aliphatic carboxylic acids is 1. The van der Waals surface area contributed by atoms with E-state index in [-0.39, 0.29) is 6.04 Å². The number of thiophene rings is 1. The third-order valence-corrected chi connectivity index (χ3v) is 4.25. The number of hydrogen-bond donors (Lipinski definition) is 2. The maximum Gasteiger partial charge on any atom is 0.325 e. The standard InChI is InChI=1S/C14H14ClNO2S/c1-9(12-7-4-8-19-12)16-13(14(17)18)10-5-2-3-6-11(10)15/h2-9,13,16H,1H3,(H,17,18)/t9-,13?/m0/s1. The molecule has 1 aromatic heterocycles. The van der Waals surface area contributed by atoms with E-state index in [0.717, 1.165) is 4.88 Å². The zero-order valence-electron chi connectivity index (χ0n) is 10.3. The summed E-state index contributed by atoms with van der Waals surface area (Å²) in [6, 6.07) is 10.1. The van der Waals surface area contributed by atoms with Gasteiger partial charge in [0.25, 0.3) is 0 Å². The molecule has 100 valence electrons. The Kier molecular flexibility index (Phi) is 4.58. The predicted molar refractivity (Wildman–Crippen MR) is 77.7 cm³/mol. The first kappa shape index (κ1) is 14.1. The topological polar surface area (TPSA) is 49.3 Å². The van der Waals surface area contributed by atoms with Gasteiger partial charge in [0.05, 0.1) is 0 Å². The first-order chi connectivity index (χ1) is 9.09. The normalized spacial score (nSPS) is 14.0. The van der Waals surface area contributed by atoms with Crippen LogP contribution in [0.4, 0.5) is 0 Å². The third-order valence-electron chi connectivity index (χ3n) is 2.85. The van der Waals surface area contributed by atoms with E-state index >= 15 is 0 Å². The van der Waals surface area contributed by atoms with Gasteiger partial charge in [0.2, 0.25) is 0 Å². The van der Waals surface area contributed by atoms with E-state index in [0.29, 0.717) is 10.6 Å². The van der Waals surface area contributed by atoms with Gasteiger partial charge >= 0.3 is 5.97 Å². The van der Waals surface area contributed by atoms with Crippen molar-refractivity contribution < 1.29 is 9.90 Å². The summed E-state index contributed by atoms with van der Waals surface area (Å²) in [4.78, 5) is 12.5. The van der Waals surface area contributed by atoms with Gasteiger partial charge in [-0.3, -0.25) is 10.1 Å². The molecule has 0 radical (unpaired) electrons. The van der Waals surface area contributed by atoms with Crippen LogP contribution >= 0.6 is 22.9 Å². The highest BCUT2D eigenvalue weighted by Gasteiger charge is 2.24. The molecule has 0 saturated heterocycles. The summed E-state index contributed by atoms with van der Waals surface area (Å²) >= 11 is 7.67. The summed E-state index contributed by atoms with van der Waals surface area (Å²) in [6.45, 7) is 1.94. The molecule has 0 aliphatic rings. The predicted octanol–water partition coefficient (Wildman–Crippen LogP) is 3.88. The second kappa shape index (κ2) is 6.19. The Labute approximate surface area is 120 Å². The Balaban J connectivity index is 2.22. The minimum Gasteiger partial charge on any atom is -0.480 e. The smallest absolute Gasteiger partial charge is 0.325 e. The van der Waals surface area contributed by atoms with Crippen LogP contribution in [-0.2, 0) is 4.79 Å². The molecule has 0 aliphatic carbocycles. The molecule has 0 amide bonds. The molecule has 0 saturated carbocycles. The first-order valence-electron chi connectivity index (χ1n) is 5.86. The zero-order chi connectivity index (χ0) is 13.8. The average molecular weight is 296 g/mol. The van der Waals surface area contributed by atoms with Crippen LogP contribution in [0.25, 0.3) is 0 Å². The molecule has 0 bridgehead atoms. The monoisotopic (exact) mass is 295 g/mol. The van der Waals surface area contributed by atoms with Crippen LogP contribution < -0.4 is 5.32 Å². The Bertz CT molecular complexity index is 556. The van der Waals surface area contributed by atoms with E-state index in [2.05, 4.69) is 5.32 Å². The van der Waals surface area contributed by atoms with E-state index < -0.39 is 12.0 Å². The molecular formula is C14H14ClNO2S. The van der Waals surface area contributed by atoms with Gasteiger partial charge in [-0.1, -0.05) is 35.9 Å². The maximum atomic E-state index is 11.4. The summed E-state index contributed by atoms with van der Waals surface area (Å²) < 4.78 is 0. The van der Waals surface area contributed by atoms with Crippen molar-refractivity contribution in [1.82, 2.24) is 5.32 Å². The van der Waals surface area contributed by atoms with Crippen LogP contribution in [0.1, 0.15) is 29.4 Å². The van der Waals surface area contributed by atoms with Crippen molar-refractivity contribution in [2.75, 3.05) is 0 Å². The van der Waals surface area contributed by atoms with Crippen LogP contribution in [0.2, 0.25) is 5.02 Å². The molecule has 1 unspecified atom stereocenters. The van der Waals surface area contributed by atoms with E-state index in [1.807, 2.05) is 24.4 Å². The number of carboxylic acids is 1. The van der Waals surface area contributed by atoms with Crippen molar-refractivity contribution in [3.63, 3.8) is 0 Å². The van der Waals surface area contributed by atoms with Crippen LogP contribution in [0.5, 0.6) is 0 Å². The molecule has 2 rings (SSSR count). The van der Waals surface area contributed by atoms with Crippen molar-refractivity contribution in [2.45, 2.75) is 19.0 Å². The summed E-state index contributed by atoms with van der Waals surface area (Å²) in [7, 11) is 0. The molecule has 19 heavy (non-hydrogen) atoms. The lowest BCUT2D eigenvalue weighted by molar-refractivity contribution is -0.139. The van der Waals surface area contributed by atoms with Gasteiger partial charge in [0.15, 0.2) is 0 Å². The zero-order valence-corrected chi connectivity index (χ0v) is 11.9. The highest BCUT2D eigenvalue weighted by atomic mass is 35.5. The fourth-order valence-corrected chi connectivity index (χ4v) is 2.86. The lowest BCUT2D eigenvalue weighted by atomic mass is 10.1. The molecular weight excluding hydrogens is 282 g/mol. The van der Waals surface area contributed by atoms with Crippen LogP contribution in [0.15, 0.2) is 41.8 Å². The van der Waals surface area contributed by atoms with Gasteiger partial charge in [-0.2, -0.15) is 0 Å². The van der Waals surface area contributed by atoms with Crippen LogP contribution in [0, 0.1) is 0 Å². The molecule has 0 aliphatic heterocycles. The number of halogens is 1. The fourth-order valence-electron chi connectivity index (χ4n) is 1.87. The summed E-state index contributed by atoms with van der Waals surface area (Å²) in [5.41, 5.74) is 0.583. The van der Waals surface area contributed by atoms with Gasteiger partial charge in [-0.05, 0) is 30.0 Å². The molecule has 2 N–H and O–H groups in total.